The molecule has 19 heavy (non-hydrogen) atoms. The number of aromatic nitrogens is 4. The molecular formula is C12H10N4O3. The summed E-state index contributed by atoms with van der Waals surface area (Å²) in [5.41, 5.74) is 1.29. The van der Waals surface area contributed by atoms with Crippen LogP contribution in [0.3, 0.4) is 0 Å². The zero-order chi connectivity index (χ0) is 13.4. The Morgan fingerprint density at radius 1 is 1.47 bits per heavy atom. The molecular weight excluding hydrogens is 248 g/mol. The Morgan fingerprint density at radius 3 is 3.00 bits per heavy atom. The summed E-state index contributed by atoms with van der Waals surface area (Å²) in [6.45, 7) is 1.82. The van der Waals surface area contributed by atoms with E-state index in [1.807, 2.05) is 6.92 Å². The lowest BCUT2D eigenvalue weighted by Crippen LogP contribution is -2.03. The SMILES string of the molecule is Cc1cc(Oc2nc3ccccn3c2C(=O)O)n[nH]1. The predicted octanol–water partition coefficient (Wildman–Crippen LogP) is 1.86. The first-order valence-electron chi connectivity index (χ1n) is 5.55. The minimum Gasteiger partial charge on any atom is -0.476 e. The lowest BCUT2D eigenvalue weighted by Gasteiger charge is -1.99. The summed E-state index contributed by atoms with van der Waals surface area (Å²) in [7, 11) is 0. The van der Waals surface area contributed by atoms with Crippen molar-refractivity contribution in [3.05, 3.63) is 41.9 Å². The van der Waals surface area contributed by atoms with Crippen molar-refractivity contribution in [2.24, 2.45) is 0 Å². The number of carbonyl (C=O) groups is 1. The van der Waals surface area contributed by atoms with Crippen LogP contribution in [0.2, 0.25) is 0 Å². The summed E-state index contributed by atoms with van der Waals surface area (Å²) in [4.78, 5) is 15.5. The molecule has 3 aromatic rings. The van der Waals surface area contributed by atoms with Crippen LogP contribution in [-0.2, 0) is 0 Å². The topological polar surface area (TPSA) is 92.5 Å². The van der Waals surface area contributed by atoms with Crippen molar-refractivity contribution in [3.8, 4) is 11.8 Å². The van der Waals surface area contributed by atoms with Crippen molar-refractivity contribution in [3.63, 3.8) is 0 Å². The van der Waals surface area contributed by atoms with Crippen LogP contribution in [0.5, 0.6) is 11.8 Å². The zero-order valence-corrected chi connectivity index (χ0v) is 9.99. The van der Waals surface area contributed by atoms with Gasteiger partial charge in [0.2, 0.25) is 5.88 Å². The number of H-pyrrole nitrogens is 1. The molecule has 3 heterocycles. The molecule has 2 N–H and O–H groups in total. The van der Waals surface area contributed by atoms with Gasteiger partial charge in [-0.3, -0.25) is 9.50 Å². The van der Waals surface area contributed by atoms with Gasteiger partial charge in [0, 0.05) is 18.0 Å². The normalized spacial score (nSPS) is 10.8. The Kier molecular flexibility index (Phi) is 2.45. The van der Waals surface area contributed by atoms with E-state index in [0.717, 1.165) is 5.69 Å². The molecule has 0 saturated heterocycles. The van der Waals surface area contributed by atoms with Gasteiger partial charge in [-0.15, -0.1) is 5.10 Å². The van der Waals surface area contributed by atoms with E-state index in [1.165, 1.54) is 4.40 Å². The number of carboxylic acids is 1. The highest BCUT2D eigenvalue weighted by molar-refractivity contribution is 5.89. The van der Waals surface area contributed by atoms with E-state index in [0.29, 0.717) is 5.65 Å². The van der Waals surface area contributed by atoms with Crippen LogP contribution < -0.4 is 4.74 Å². The minimum absolute atomic E-state index is 0.0187. The summed E-state index contributed by atoms with van der Waals surface area (Å²) >= 11 is 0. The van der Waals surface area contributed by atoms with E-state index >= 15 is 0 Å². The van der Waals surface area contributed by atoms with Crippen LogP contribution in [0.15, 0.2) is 30.5 Å². The van der Waals surface area contributed by atoms with Crippen LogP contribution in [0.1, 0.15) is 16.2 Å². The molecule has 0 amide bonds. The lowest BCUT2D eigenvalue weighted by atomic mass is 10.4. The van der Waals surface area contributed by atoms with E-state index in [-0.39, 0.29) is 17.5 Å². The number of aromatic carboxylic acids is 1. The molecule has 0 spiro atoms. The first kappa shape index (κ1) is 11.3. The highest BCUT2D eigenvalue weighted by atomic mass is 16.5. The lowest BCUT2D eigenvalue weighted by molar-refractivity contribution is 0.0686. The highest BCUT2D eigenvalue weighted by Gasteiger charge is 2.20. The van der Waals surface area contributed by atoms with Gasteiger partial charge in [0.25, 0.3) is 5.88 Å². The molecule has 3 rings (SSSR count). The van der Waals surface area contributed by atoms with E-state index in [1.54, 1.807) is 30.5 Å². The van der Waals surface area contributed by atoms with Crippen molar-refractivity contribution in [2.75, 3.05) is 0 Å². The van der Waals surface area contributed by atoms with Crippen LogP contribution in [-0.4, -0.2) is 30.7 Å². The number of hydrogen-bond acceptors (Lipinski definition) is 4. The summed E-state index contributed by atoms with van der Waals surface area (Å²) in [5.74, 6) is -0.811. The molecule has 0 aliphatic heterocycles. The fourth-order valence-corrected chi connectivity index (χ4v) is 1.78. The van der Waals surface area contributed by atoms with E-state index < -0.39 is 5.97 Å². The van der Waals surface area contributed by atoms with Crippen molar-refractivity contribution < 1.29 is 14.6 Å². The number of pyridine rings is 1. The Bertz CT molecular complexity index is 759. The van der Waals surface area contributed by atoms with Crippen LogP contribution >= 0.6 is 0 Å². The molecule has 7 nitrogen and oxygen atoms in total. The zero-order valence-electron chi connectivity index (χ0n) is 9.99. The number of imidazole rings is 1. The first-order valence-corrected chi connectivity index (χ1v) is 5.55. The maximum Gasteiger partial charge on any atom is 0.358 e. The molecule has 0 fully saturated rings. The molecule has 0 atom stereocenters. The number of nitrogens with zero attached hydrogens (tertiary/aromatic N) is 3. The maximum absolute atomic E-state index is 11.3. The maximum atomic E-state index is 11.3. The molecule has 0 aromatic carbocycles. The number of rotatable bonds is 3. The van der Waals surface area contributed by atoms with Crippen molar-refractivity contribution in [1.29, 1.82) is 0 Å². The largest absolute Gasteiger partial charge is 0.476 e. The number of aryl methyl sites for hydroxylation is 1. The highest BCUT2D eigenvalue weighted by Crippen LogP contribution is 2.24. The number of aromatic amines is 1. The third-order valence-electron chi connectivity index (χ3n) is 2.58. The van der Waals surface area contributed by atoms with Gasteiger partial charge in [0.1, 0.15) is 5.65 Å². The Labute approximate surface area is 107 Å². The molecule has 0 bridgehead atoms. The van der Waals surface area contributed by atoms with Gasteiger partial charge >= 0.3 is 5.97 Å². The monoisotopic (exact) mass is 258 g/mol. The third-order valence-corrected chi connectivity index (χ3v) is 2.58. The second-order valence-corrected chi connectivity index (χ2v) is 3.99. The van der Waals surface area contributed by atoms with Gasteiger partial charge in [0.15, 0.2) is 5.69 Å². The predicted molar refractivity (Wildman–Crippen MR) is 65.6 cm³/mol. The molecule has 0 radical (unpaired) electrons. The summed E-state index contributed by atoms with van der Waals surface area (Å²) < 4.78 is 6.88. The third kappa shape index (κ3) is 1.90. The van der Waals surface area contributed by atoms with Crippen molar-refractivity contribution >= 4 is 11.6 Å². The van der Waals surface area contributed by atoms with Crippen molar-refractivity contribution in [2.45, 2.75) is 6.92 Å². The van der Waals surface area contributed by atoms with E-state index in [2.05, 4.69) is 15.2 Å². The molecule has 3 aromatic heterocycles. The Balaban J connectivity index is 2.12. The number of fused-ring (bicyclic) bond motifs is 1. The van der Waals surface area contributed by atoms with Gasteiger partial charge in [-0.25, -0.2) is 4.79 Å². The molecule has 0 saturated carbocycles. The van der Waals surface area contributed by atoms with E-state index in [4.69, 9.17) is 4.74 Å². The van der Waals surface area contributed by atoms with Crippen LogP contribution in [0.25, 0.3) is 5.65 Å². The number of carboxylic acid groups (broad SMARTS) is 1. The second-order valence-electron chi connectivity index (χ2n) is 3.99. The molecule has 0 aliphatic rings. The fraction of sp³-hybridized carbons (Fsp3) is 0.0833. The van der Waals surface area contributed by atoms with Crippen LogP contribution in [0, 0.1) is 6.92 Å². The fourth-order valence-electron chi connectivity index (χ4n) is 1.78. The molecule has 96 valence electrons. The van der Waals surface area contributed by atoms with Gasteiger partial charge in [0.05, 0.1) is 0 Å². The number of hydrogen-bond donors (Lipinski definition) is 2. The standard InChI is InChI=1S/C12H10N4O3/c1-7-6-9(15-14-7)19-11-10(12(17)18)16-5-3-2-4-8(16)13-11/h2-6H,1H3,(H,14,15)(H,17,18). The molecule has 0 aliphatic carbocycles. The van der Waals surface area contributed by atoms with Crippen LogP contribution in [0.4, 0.5) is 0 Å². The molecule has 7 heteroatoms. The average Bonchev–Trinajstić information content (AvgIpc) is 2.92. The number of ether oxygens (including phenoxy) is 1. The summed E-state index contributed by atoms with van der Waals surface area (Å²) in [6, 6.07) is 6.87. The van der Waals surface area contributed by atoms with E-state index in [9.17, 15) is 9.90 Å². The Hall–Kier alpha value is -2.83. The quantitative estimate of drug-likeness (QED) is 0.748. The average molecular weight is 258 g/mol. The second kappa shape index (κ2) is 4.13. The molecule has 0 unspecified atom stereocenters. The first-order chi connectivity index (χ1) is 9.15. The van der Waals surface area contributed by atoms with Gasteiger partial charge < -0.3 is 9.84 Å². The Morgan fingerprint density at radius 2 is 2.32 bits per heavy atom. The summed E-state index contributed by atoms with van der Waals surface area (Å²) in [6.07, 6.45) is 1.62. The minimum atomic E-state index is -1.11. The van der Waals surface area contributed by atoms with Gasteiger partial charge in [-0.05, 0) is 19.1 Å². The number of nitrogens with one attached hydrogen (secondary N) is 1. The van der Waals surface area contributed by atoms with Crippen molar-refractivity contribution in [1.82, 2.24) is 19.6 Å². The van der Waals surface area contributed by atoms with Gasteiger partial charge in [-0.1, -0.05) is 6.07 Å². The summed E-state index contributed by atoms with van der Waals surface area (Å²) in [5, 5.41) is 15.9. The smallest absolute Gasteiger partial charge is 0.358 e. The van der Waals surface area contributed by atoms with Gasteiger partial charge in [-0.2, -0.15) is 4.98 Å².